The van der Waals surface area contributed by atoms with Crippen molar-refractivity contribution in [2.45, 2.75) is 70.5 Å². The normalized spacial score (nSPS) is 15.3. The van der Waals surface area contributed by atoms with Crippen molar-refractivity contribution < 1.29 is 14.0 Å². The second-order valence-corrected chi connectivity index (χ2v) is 8.59. The van der Waals surface area contributed by atoms with Crippen molar-refractivity contribution in [3.8, 4) is 0 Å². The molecule has 1 N–H and O–H groups in total. The minimum absolute atomic E-state index is 0.105. The van der Waals surface area contributed by atoms with Gasteiger partial charge in [0.2, 0.25) is 11.8 Å². The number of benzene rings is 2. The number of rotatable bonds is 8. The van der Waals surface area contributed by atoms with Gasteiger partial charge in [-0.15, -0.1) is 0 Å². The number of halogens is 2. The zero-order chi connectivity index (χ0) is 22.2. The van der Waals surface area contributed by atoms with Gasteiger partial charge in [-0.3, -0.25) is 9.59 Å². The molecule has 1 saturated carbocycles. The lowest BCUT2D eigenvalue weighted by Gasteiger charge is -2.33. The van der Waals surface area contributed by atoms with E-state index in [1.54, 1.807) is 23.1 Å². The molecule has 1 fully saturated rings. The van der Waals surface area contributed by atoms with Gasteiger partial charge in [-0.1, -0.05) is 68.1 Å². The van der Waals surface area contributed by atoms with E-state index >= 15 is 0 Å². The highest BCUT2D eigenvalue weighted by Crippen LogP contribution is 2.21. The summed E-state index contributed by atoms with van der Waals surface area (Å²) in [5.74, 6) is -0.633. The van der Waals surface area contributed by atoms with E-state index in [1.807, 2.05) is 25.1 Å². The molecule has 0 saturated heterocycles. The number of nitrogens with one attached hydrogen (secondary N) is 1. The van der Waals surface area contributed by atoms with E-state index in [2.05, 4.69) is 5.32 Å². The first kappa shape index (κ1) is 23.3. The molecule has 0 unspecified atom stereocenters. The molecule has 2 amide bonds. The molecule has 6 heteroatoms. The first-order valence-electron chi connectivity index (χ1n) is 11.1. The van der Waals surface area contributed by atoms with Gasteiger partial charge in [0.15, 0.2) is 0 Å². The molecule has 0 radical (unpaired) electrons. The number of carbonyl (C=O) groups is 2. The molecular formula is C25H30ClFN2O2. The standard InChI is InChI=1S/C25H30ClFN2O2/c1-2-23(25(31)28-21-9-4-3-5-10-21)29(17-18-12-14-20(27)15-13-18)24(30)16-19-8-6-7-11-22(19)26/h6-8,11-15,21,23H,2-5,9-10,16-17H2,1H3,(H,28,31)/t23-/m1/s1. The Morgan fingerprint density at radius 2 is 1.77 bits per heavy atom. The minimum Gasteiger partial charge on any atom is -0.352 e. The molecule has 31 heavy (non-hydrogen) atoms. The van der Waals surface area contributed by atoms with Crippen molar-refractivity contribution >= 4 is 23.4 Å². The van der Waals surface area contributed by atoms with Gasteiger partial charge in [-0.2, -0.15) is 0 Å². The fraction of sp³-hybridized carbons (Fsp3) is 0.440. The van der Waals surface area contributed by atoms with Crippen LogP contribution in [0, 0.1) is 5.82 Å². The molecule has 4 nitrogen and oxygen atoms in total. The average Bonchev–Trinajstić information content (AvgIpc) is 2.77. The summed E-state index contributed by atoms with van der Waals surface area (Å²) in [6, 6.07) is 12.8. The third-order valence-corrected chi connectivity index (χ3v) is 6.27. The van der Waals surface area contributed by atoms with E-state index < -0.39 is 6.04 Å². The molecule has 2 aromatic rings. The highest BCUT2D eigenvalue weighted by molar-refractivity contribution is 6.31. The highest BCUT2D eigenvalue weighted by Gasteiger charge is 2.30. The summed E-state index contributed by atoms with van der Waals surface area (Å²) in [6.45, 7) is 2.14. The molecule has 0 spiro atoms. The molecule has 166 valence electrons. The van der Waals surface area contributed by atoms with Crippen LogP contribution in [-0.2, 0) is 22.6 Å². The summed E-state index contributed by atoms with van der Waals surface area (Å²) >= 11 is 6.26. The predicted octanol–water partition coefficient (Wildman–Crippen LogP) is 5.28. The van der Waals surface area contributed by atoms with Crippen LogP contribution < -0.4 is 5.32 Å². The number of nitrogens with zero attached hydrogens (tertiary/aromatic N) is 1. The van der Waals surface area contributed by atoms with Crippen molar-refractivity contribution in [2.24, 2.45) is 0 Å². The number of hydrogen-bond donors (Lipinski definition) is 1. The number of amides is 2. The van der Waals surface area contributed by atoms with Crippen LogP contribution in [0.5, 0.6) is 0 Å². The highest BCUT2D eigenvalue weighted by atomic mass is 35.5. The SMILES string of the molecule is CC[C@H](C(=O)NC1CCCCC1)N(Cc1ccc(F)cc1)C(=O)Cc1ccccc1Cl. The lowest BCUT2D eigenvalue weighted by atomic mass is 9.95. The number of hydrogen-bond acceptors (Lipinski definition) is 2. The first-order valence-corrected chi connectivity index (χ1v) is 11.4. The largest absolute Gasteiger partial charge is 0.352 e. The smallest absolute Gasteiger partial charge is 0.243 e. The Labute approximate surface area is 188 Å². The van der Waals surface area contributed by atoms with Crippen LogP contribution in [0.4, 0.5) is 4.39 Å². The Hall–Kier alpha value is -2.40. The van der Waals surface area contributed by atoms with Gasteiger partial charge >= 0.3 is 0 Å². The monoisotopic (exact) mass is 444 g/mol. The summed E-state index contributed by atoms with van der Waals surface area (Å²) < 4.78 is 13.4. The molecule has 0 aromatic heterocycles. The Morgan fingerprint density at radius 3 is 2.42 bits per heavy atom. The second kappa shape index (κ2) is 11.3. The maximum absolute atomic E-state index is 13.4. The van der Waals surface area contributed by atoms with Gasteiger partial charge < -0.3 is 10.2 Å². The van der Waals surface area contributed by atoms with Gasteiger partial charge in [0.05, 0.1) is 6.42 Å². The van der Waals surface area contributed by atoms with Gasteiger partial charge in [0.25, 0.3) is 0 Å². The van der Waals surface area contributed by atoms with Crippen LogP contribution >= 0.6 is 11.6 Å². The fourth-order valence-corrected chi connectivity index (χ4v) is 4.36. The van der Waals surface area contributed by atoms with Gasteiger partial charge in [-0.05, 0) is 48.6 Å². The molecule has 0 bridgehead atoms. The third-order valence-electron chi connectivity index (χ3n) is 5.90. The summed E-state index contributed by atoms with van der Waals surface area (Å²) in [5.41, 5.74) is 1.50. The maximum atomic E-state index is 13.4. The van der Waals surface area contributed by atoms with Gasteiger partial charge in [0, 0.05) is 17.6 Å². The Bertz CT molecular complexity index is 881. The molecule has 1 aliphatic rings. The Balaban J connectivity index is 1.81. The van der Waals surface area contributed by atoms with Crippen LogP contribution in [0.15, 0.2) is 48.5 Å². The zero-order valence-corrected chi connectivity index (χ0v) is 18.7. The molecular weight excluding hydrogens is 415 g/mol. The topological polar surface area (TPSA) is 49.4 Å². The summed E-state index contributed by atoms with van der Waals surface area (Å²) in [4.78, 5) is 28.1. The fourth-order valence-electron chi connectivity index (χ4n) is 4.16. The molecule has 1 atom stereocenters. The molecule has 1 aliphatic carbocycles. The quantitative estimate of drug-likeness (QED) is 0.602. The van der Waals surface area contributed by atoms with Crippen LogP contribution in [0.25, 0.3) is 0 Å². The Kier molecular flexibility index (Phi) is 8.47. The zero-order valence-electron chi connectivity index (χ0n) is 17.9. The predicted molar refractivity (Wildman–Crippen MR) is 121 cm³/mol. The van der Waals surface area contributed by atoms with Gasteiger partial charge in [-0.25, -0.2) is 4.39 Å². The van der Waals surface area contributed by atoms with Crippen molar-refractivity contribution in [1.82, 2.24) is 10.2 Å². The van der Waals surface area contributed by atoms with E-state index in [4.69, 9.17) is 11.6 Å². The van der Waals surface area contributed by atoms with E-state index in [1.165, 1.54) is 18.6 Å². The lowest BCUT2D eigenvalue weighted by molar-refractivity contribution is -0.141. The van der Waals surface area contributed by atoms with Crippen LogP contribution in [0.2, 0.25) is 5.02 Å². The minimum atomic E-state index is -0.595. The summed E-state index contributed by atoms with van der Waals surface area (Å²) in [6.07, 6.45) is 6.00. The molecule has 2 aromatic carbocycles. The average molecular weight is 445 g/mol. The van der Waals surface area contributed by atoms with Crippen LogP contribution in [0.3, 0.4) is 0 Å². The van der Waals surface area contributed by atoms with E-state index in [9.17, 15) is 14.0 Å². The van der Waals surface area contributed by atoms with Crippen LogP contribution in [-0.4, -0.2) is 28.8 Å². The number of carbonyl (C=O) groups excluding carboxylic acids is 2. The van der Waals surface area contributed by atoms with Crippen molar-refractivity contribution in [1.29, 1.82) is 0 Å². The van der Waals surface area contributed by atoms with E-state index in [0.29, 0.717) is 11.4 Å². The van der Waals surface area contributed by atoms with Crippen LogP contribution in [0.1, 0.15) is 56.6 Å². The summed E-state index contributed by atoms with van der Waals surface area (Å²) in [7, 11) is 0. The molecule has 0 aliphatic heterocycles. The van der Waals surface area contributed by atoms with Crippen molar-refractivity contribution in [2.75, 3.05) is 0 Å². The molecule has 3 rings (SSSR count). The van der Waals surface area contributed by atoms with E-state index in [0.717, 1.165) is 36.8 Å². The van der Waals surface area contributed by atoms with Gasteiger partial charge in [0.1, 0.15) is 11.9 Å². The van der Waals surface area contributed by atoms with E-state index in [-0.39, 0.29) is 36.6 Å². The summed E-state index contributed by atoms with van der Waals surface area (Å²) in [5, 5.41) is 3.68. The molecule has 0 heterocycles. The maximum Gasteiger partial charge on any atom is 0.243 e. The lowest BCUT2D eigenvalue weighted by Crippen LogP contribution is -2.52. The van der Waals surface area contributed by atoms with Crippen molar-refractivity contribution in [3.05, 3.63) is 70.5 Å². The second-order valence-electron chi connectivity index (χ2n) is 8.18. The first-order chi connectivity index (χ1) is 15.0. The Morgan fingerprint density at radius 1 is 1.10 bits per heavy atom. The third kappa shape index (κ3) is 6.54. The van der Waals surface area contributed by atoms with Crippen molar-refractivity contribution in [3.63, 3.8) is 0 Å².